The molecule has 0 saturated heterocycles. The van der Waals surface area contributed by atoms with Gasteiger partial charge in [-0.15, -0.1) is 0 Å². The maximum atomic E-state index is 14.5. The van der Waals surface area contributed by atoms with Gasteiger partial charge in [-0.2, -0.15) is 27.2 Å². The van der Waals surface area contributed by atoms with Crippen molar-refractivity contribution in [3.63, 3.8) is 0 Å². The topological polar surface area (TPSA) is 100 Å². The smallest absolute Gasteiger partial charge is 0.458 e. The van der Waals surface area contributed by atoms with E-state index in [4.69, 9.17) is 0 Å². The van der Waals surface area contributed by atoms with Crippen LogP contribution in [-0.2, 0) is 31.2 Å². The second-order valence-electron chi connectivity index (χ2n) is 8.98. The van der Waals surface area contributed by atoms with E-state index in [1.807, 2.05) is 6.07 Å². The Balaban J connectivity index is 1.70. The van der Waals surface area contributed by atoms with Crippen molar-refractivity contribution in [1.29, 1.82) is 5.26 Å². The van der Waals surface area contributed by atoms with Crippen LogP contribution in [0.2, 0.25) is 0 Å². The van der Waals surface area contributed by atoms with Gasteiger partial charge in [0.25, 0.3) is 5.03 Å². The van der Waals surface area contributed by atoms with Crippen LogP contribution < -0.4 is 0 Å². The third kappa shape index (κ3) is 4.52. The van der Waals surface area contributed by atoms with Gasteiger partial charge in [0.1, 0.15) is 23.2 Å². The lowest BCUT2D eigenvalue weighted by atomic mass is 10.1. The summed E-state index contributed by atoms with van der Waals surface area (Å²) < 4.78 is 98.8. The summed E-state index contributed by atoms with van der Waals surface area (Å²) in [4.78, 5) is 12.6. The summed E-state index contributed by atoms with van der Waals surface area (Å²) in [6.07, 6.45) is -2.48. The first kappa shape index (κ1) is 28.2. The molecule has 8 nitrogen and oxygen atoms in total. The molecule has 4 heterocycles. The van der Waals surface area contributed by atoms with E-state index in [1.165, 1.54) is 51.3 Å². The number of aryl methyl sites for hydroxylation is 1. The molecule has 0 aliphatic rings. The molecule has 0 fully saturated rings. The highest BCUT2D eigenvalue weighted by Gasteiger charge is 2.59. The van der Waals surface area contributed by atoms with Crippen molar-refractivity contribution in [3.05, 3.63) is 65.9 Å². The summed E-state index contributed by atoms with van der Waals surface area (Å²) in [7, 11) is 3.03. The standard InChI is InChI=1S/C26H19F6N7OS/c1-4-41(40)23-20(22-35-19-9-15(11-34-21(19)37(22)2)25(28,29)26(30,31)32)36-24(38(23)3)39-12-14(10-33)17(13-39)16-7-5-6-8-18(16)27/h5-9,11-13H,4H2,1-3H3. The second-order valence-corrected chi connectivity index (χ2v) is 10.6. The number of pyridine rings is 1. The van der Waals surface area contributed by atoms with Crippen molar-refractivity contribution < 1.29 is 30.9 Å². The molecule has 0 spiro atoms. The second kappa shape index (κ2) is 9.96. The number of hydrogen-bond donors (Lipinski definition) is 0. The quantitative estimate of drug-likeness (QED) is 0.189. The van der Waals surface area contributed by atoms with Crippen molar-refractivity contribution in [2.24, 2.45) is 14.1 Å². The van der Waals surface area contributed by atoms with Gasteiger partial charge in [0, 0.05) is 55.0 Å². The van der Waals surface area contributed by atoms with Crippen LogP contribution >= 0.6 is 0 Å². The molecule has 0 aliphatic carbocycles. The van der Waals surface area contributed by atoms with Crippen LogP contribution in [0.5, 0.6) is 0 Å². The monoisotopic (exact) mass is 591 g/mol. The zero-order chi connectivity index (χ0) is 29.9. The van der Waals surface area contributed by atoms with Crippen LogP contribution in [0.4, 0.5) is 26.3 Å². The first-order valence-electron chi connectivity index (χ1n) is 11.9. The average molecular weight is 592 g/mol. The van der Waals surface area contributed by atoms with E-state index in [2.05, 4.69) is 15.0 Å². The number of fused-ring (bicyclic) bond motifs is 1. The number of alkyl halides is 5. The highest BCUT2D eigenvalue weighted by molar-refractivity contribution is 7.91. The average Bonchev–Trinajstić information content (AvgIpc) is 3.60. The van der Waals surface area contributed by atoms with E-state index >= 15 is 0 Å². The molecule has 1 atom stereocenters. The van der Waals surface area contributed by atoms with E-state index in [1.54, 1.807) is 20.0 Å². The molecular formula is C26H19F6N7OS. The van der Waals surface area contributed by atoms with Crippen LogP contribution in [-0.4, -0.2) is 45.1 Å². The van der Waals surface area contributed by atoms with E-state index in [0.717, 1.165) is 0 Å². The number of halogens is 6. The maximum absolute atomic E-state index is 14.5. The van der Waals surface area contributed by atoms with Crippen molar-refractivity contribution in [3.8, 4) is 34.7 Å². The molecule has 41 heavy (non-hydrogen) atoms. The first-order valence-corrected chi connectivity index (χ1v) is 13.2. The fourth-order valence-corrected chi connectivity index (χ4v) is 5.44. The van der Waals surface area contributed by atoms with Crippen LogP contribution in [0, 0.1) is 17.1 Å². The molecule has 0 N–H and O–H groups in total. The van der Waals surface area contributed by atoms with Gasteiger partial charge in [-0.3, -0.25) is 9.13 Å². The third-order valence-electron chi connectivity index (χ3n) is 6.48. The van der Waals surface area contributed by atoms with Gasteiger partial charge < -0.3 is 9.12 Å². The molecule has 4 aromatic heterocycles. The molecule has 0 radical (unpaired) electrons. The highest BCUT2D eigenvalue weighted by atomic mass is 32.2. The van der Waals surface area contributed by atoms with E-state index in [9.17, 15) is 36.2 Å². The number of hydrogen-bond acceptors (Lipinski definition) is 5. The predicted molar refractivity (Wildman–Crippen MR) is 137 cm³/mol. The molecule has 5 aromatic rings. The van der Waals surface area contributed by atoms with Crippen molar-refractivity contribution >= 4 is 22.3 Å². The summed E-state index contributed by atoms with van der Waals surface area (Å²) in [6, 6.07) is 8.53. The lowest BCUT2D eigenvalue weighted by molar-refractivity contribution is -0.289. The van der Waals surface area contributed by atoms with Crippen molar-refractivity contribution in [1.82, 2.24) is 28.7 Å². The van der Waals surface area contributed by atoms with Crippen LogP contribution in [0.1, 0.15) is 18.1 Å². The lowest BCUT2D eigenvalue weighted by Gasteiger charge is -2.19. The third-order valence-corrected chi connectivity index (χ3v) is 7.90. The summed E-state index contributed by atoms with van der Waals surface area (Å²) in [5.41, 5.74) is -0.954. The Morgan fingerprint density at radius 1 is 1.02 bits per heavy atom. The number of rotatable bonds is 6. The molecule has 212 valence electrons. The Hall–Kier alpha value is -4.29. The Kier molecular flexibility index (Phi) is 6.86. The van der Waals surface area contributed by atoms with E-state index in [-0.39, 0.29) is 50.5 Å². The number of nitrogens with zero attached hydrogens (tertiary/aromatic N) is 7. The minimum absolute atomic E-state index is 0.00303. The van der Waals surface area contributed by atoms with Gasteiger partial charge >= 0.3 is 12.1 Å². The molecule has 0 aliphatic heterocycles. The Morgan fingerprint density at radius 3 is 2.37 bits per heavy atom. The van der Waals surface area contributed by atoms with Crippen LogP contribution in [0.3, 0.4) is 0 Å². The van der Waals surface area contributed by atoms with Gasteiger partial charge in [-0.25, -0.2) is 19.3 Å². The van der Waals surface area contributed by atoms with Crippen molar-refractivity contribution in [2.45, 2.75) is 24.0 Å². The Labute approximate surface area is 231 Å². The fraction of sp³-hybridized carbons (Fsp3) is 0.231. The molecule has 15 heteroatoms. The van der Waals surface area contributed by atoms with Crippen LogP contribution in [0.25, 0.3) is 39.8 Å². The number of nitriles is 1. The summed E-state index contributed by atoms with van der Waals surface area (Å²) in [5.74, 6) is -5.36. The minimum atomic E-state index is -5.83. The van der Waals surface area contributed by atoms with Gasteiger partial charge in [-0.05, 0) is 19.1 Å². The van der Waals surface area contributed by atoms with Gasteiger partial charge in [-0.1, -0.05) is 18.2 Å². The molecule has 0 amide bonds. The molecular weight excluding hydrogens is 572 g/mol. The summed E-state index contributed by atoms with van der Waals surface area (Å²) in [5, 5.41) is 9.89. The maximum Gasteiger partial charge on any atom is 0.458 e. The lowest BCUT2D eigenvalue weighted by Crippen LogP contribution is -2.33. The molecule has 0 saturated carbocycles. The van der Waals surface area contributed by atoms with Gasteiger partial charge in [0.05, 0.1) is 11.1 Å². The predicted octanol–water partition coefficient (Wildman–Crippen LogP) is 5.62. The SMILES string of the molecule is CC[S+]([O-])c1c(-c2nc3cc(C(F)(F)C(F)(F)F)cnc3n2C)nc(-n2cc(C#N)c(-c3ccccc3F)c2)n1C. The molecule has 0 bridgehead atoms. The number of benzene rings is 1. The Morgan fingerprint density at radius 2 is 1.73 bits per heavy atom. The largest absolute Gasteiger partial charge is 0.610 e. The minimum Gasteiger partial charge on any atom is -0.610 e. The van der Waals surface area contributed by atoms with E-state index in [0.29, 0.717) is 17.8 Å². The molecule has 5 rings (SSSR count). The molecule has 1 unspecified atom stereocenters. The Bertz CT molecular complexity index is 1830. The molecule has 1 aromatic carbocycles. The van der Waals surface area contributed by atoms with Gasteiger partial charge in [0.2, 0.25) is 5.95 Å². The van der Waals surface area contributed by atoms with E-state index < -0.39 is 34.7 Å². The summed E-state index contributed by atoms with van der Waals surface area (Å²) in [6.45, 7) is 1.66. The van der Waals surface area contributed by atoms with Gasteiger partial charge in [0.15, 0.2) is 17.2 Å². The van der Waals surface area contributed by atoms with Crippen molar-refractivity contribution in [2.75, 3.05) is 5.75 Å². The summed E-state index contributed by atoms with van der Waals surface area (Å²) >= 11 is -1.65. The number of aromatic nitrogens is 6. The first-order chi connectivity index (χ1) is 19.3. The highest BCUT2D eigenvalue weighted by Crippen LogP contribution is 2.44. The fourth-order valence-electron chi connectivity index (χ4n) is 4.42. The number of imidazole rings is 2. The normalized spacial score (nSPS) is 13.1. The zero-order valence-corrected chi connectivity index (χ0v) is 22.4. The zero-order valence-electron chi connectivity index (χ0n) is 21.5. The van der Waals surface area contributed by atoms with Crippen LogP contribution in [0.15, 0.2) is 53.9 Å².